The predicted molar refractivity (Wildman–Crippen MR) is 83.8 cm³/mol. The molecule has 2 rings (SSSR count). The molecule has 0 atom stereocenters. The van der Waals surface area contributed by atoms with Crippen molar-refractivity contribution in [2.75, 3.05) is 12.4 Å². The fourth-order valence-electron chi connectivity index (χ4n) is 1.98. The first kappa shape index (κ1) is 17.4. The average Bonchev–Trinajstić information content (AvgIpc) is 2.54. The maximum absolute atomic E-state index is 13.5. The molecular formula is C14H12BFN2O6. The van der Waals surface area contributed by atoms with Gasteiger partial charge in [-0.15, -0.1) is 0 Å². The summed E-state index contributed by atoms with van der Waals surface area (Å²) in [7, 11) is -0.655. The molecule has 2 aromatic carbocycles. The van der Waals surface area contributed by atoms with Crippen LogP contribution in [0.2, 0.25) is 0 Å². The molecule has 2 aromatic rings. The molecule has 0 unspecified atom stereocenters. The molecule has 24 heavy (non-hydrogen) atoms. The Morgan fingerprint density at radius 2 is 2.00 bits per heavy atom. The molecule has 0 heterocycles. The van der Waals surface area contributed by atoms with E-state index in [0.29, 0.717) is 0 Å². The van der Waals surface area contributed by atoms with Crippen molar-refractivity contribution in [1.29, 1.82) is 0 Å². The molecule has 0 bridgehead atoms. The molecule has 10 heteroatoms. The zero-order chi connectivity index (χ0) is 17.9. The summed E-state index contributed by atoms with van der Waals surface area (Å²) in [5.41, 5.74) is -0.418. The third kappa shape index (κ3) is 3.86. The number of hydrogen-bond acceptors (Lipinski definition) is 6. The van der Waals surface area contributed by atoms with Crippen molar-refractivity contribution in [2.24, 2.45) is 0 Å². The number of anilines is 1. The number of hydrogen-bond donors (Lipinski definition) is 3. The number of ether oxygens (including phenoxy) is 1. The van der Waals surface area contributed by atoms with Gasteiger partial charge >= 0.3 is 7.12 Å². The maximum atomic E-state index is 13.5. The van der Waals surface area contributed by atoms with E-state index in [1.165, 1.54) is 19.2 Å². The molecule has 124 valence electrons. The quantitative estimate of drug-likeness (QED) is 0.420. The van der Waals surface area contributed by atoms with Gasteiger partial charge in [0, 0.05) is 11.6 Å². The first-order chi connectivity index (χ1) is 11.3. The van der Waals surface area contributed by atoms with Crippen molar-refractivity contribution in [3.8, 4) is 5.75 Å². The number of amides is 1. The van der Waals surface area contributed by atoms with Crippen molar-refractivity contribution < 1.29 is 28.9 Å². The lowest BCUT2D eigenvalue weighted by Crippen LogP contribution is -2.31. The van der Waals surface area contributed by atoms with E-state index in [0.717, 1.165) is 24.3 Å². The van der Waals surface area contributed by atoms with Crippen molar-refractivity contribution >= 4 is 29.9 Å². The van der Waals surface area contributed by atoms with Crippen LogP contribution in [0, 0.1) is 15.9 Å². The van der Waals surface area contributed by atoms with Gasteiger partial charge in [0.2, 0.25) is 0 Å². The van der Waals surface area contributed by atoms with Crippen molar-refractivity contribution in [2.45, 2.75) is 0 Å². The highest BCUT2D eigenvalue weighted by atomic mass is 19.1. The molecule has 8 nitrogen and oxygen atoms in total. The maximum Gasteiger partial charge on any atom is 0.488 e. The SMILES string of the molecule is COc1cc([N+](=O)[O-])ccc1NC(=O)c1cc(F)cc(B(O)O)c1. The largest absolute Gasteiger partial charge is 0.494 e. The van der Waals surface area contributed by atoms with Crippen LogP contribution >= 0.6 is 0 Å². The lowest BCUT2D eigenvalue weighted by atomic mass is 9.79. The number of carbonyl (C=O) groups excluding carboxylic acids is 1. The number of nitro groups is 1. The normalized spacial score (nSPS) is 10.2. The molecule has 1 amide bonds. The number of methoxy groups -OCH3 is 1. The lowest BCUT2D eigenvalue weighted by Gasteiger charge is -2.11. The zero-order valence-corrected chi connectivity index (χ0v) is 12.4. The van der Waals surface area contributed by atoms with E-state index in [1.54, 1.807) is 0 Å². The highest BCUT2D eigenvalue weighted by molar-refractivity contribution is 6.58. The molecule has 0 aliphatic rings. The van der Waals surface area contributed by atoms with E-state index in [-0.39, 0.29) is 28.2 Å². The summed E-state index contributed by atoms with van der Waals surface area (Å²) in [6, 6.07) is 6.49. The fraction of sp³-hybridized carbons (Fsp3) is 0.0714. The summed E-state index contributed by atoms with van der Waals surface area (Å²) in [5.74, 6) is -1.51. The van der Waals surface area contributed by atoms with E-state index in [1.807, 2.05) is 0 Å². The molecular weight excluding hydrogens is 322 g/mol. The van der Waals surface area contributed by atoms with Crippen molar-refractivity contribution in [1.82, 2.24) is 0 Å². The Balaban J connectivity index is 2.31. The van der Waals surface area contributed by atoms with Crippen LogP contribution < -0.4 is 15.5 Å². The third-order valence-corrected chi connectivity index (χ3v) is 3.12. The van der Waals surface area contributed by atoms with Gasteiger partial charge in [-0.25, -0.2) is 4.39 Å². The minimum absolute atomic E-state index is 0.0522. The van der Waals surface area contributed by atoms with Crippen LogP contribution in [0.1, 0.15) is 10.4 Å². The predicted octanol–water partition coefficient (Wildman–Crippen LogP) is 0.675. The van der Waals surface area contributed by atoms with Gasteiger partial charge in [-0.3, -0.25) is 14.9 Å². The topological polar surface area (TPSA) is 122 Å². The molecule has 0 aliphatic carbocycles. The van der Waals surface area contributed by atoms with Crippen molar-refractivity contribution in [3.63, 3.8) is 0 Å². The van der Waals surface area contributed by atoms with E-state index in [4.69, 9.17) is 14.8 Å². The molecule has 0 saturated heterocycles. The van der Waals surface area contributed by atoms with Gasteiger partial charge in [0.1, 0.15) is 11.6 Å². The second kappa shape index (κ2) is 7.07. The zero-order valence-electron chi connectivity index (χ0n) is 12.4. The second-order valence-electron chi connectivity index (χ2n) is 4.74. The first-order valence-electron chi connectivity index (χ1n) is 6.62. The summed E-state index contributed by atoms with van der Waals surface area (Å²) >= 11 is 0. The summed E-state index contributed by atoms with van der Waals surface area (Å²) < 4.78 is 18.5. The summed E-state index contributed by atoms with van der Waals surface area (Å²) in [4.78, 5) is 22.3. The second-order valence-corrected chi connectivity index (χ2v) is 4.74. The van der Waals surface area contributed by atoms with E-state index < -0.39 is 23.8 Å². The van der Waals surface area contributed by atoms with Crippen LogP contribution in [0.15, 0.2) is 36.4 Å². The number of rotatable bonds is 5. The number of nitrogens with zero attached hydrogens (tertiary/aromatic N) is 1. The van der Waals surface area contributed by atoms with Crippen LogP contribution in [0.25, 0.3) is 0 Å². The van der Waals surface area contributed by atoms with Crippen LogP contribution in [0.4, 0.5) is 15.8 Å². The van der Waals surface area contributed by atoms with Crippen LogP contribution in [0.5, 0.6) is 5.75 Å². The molecule has 0 saturated carbocycles. The van der Waals surface area contributed by atoms with Crippen LogP contribution in [-0.4, -0.2) is 35.1 Å². The minimum Gasteiger partial charge on any atom is -0.494 e. The van der Waals surface area contributed by atoms with Crippen molar-refractivity contribution in [3.05, 3.63) is 57.9 Å². The standard InChI is InChI=1S/C14H12BFN2O6/c1-24-13-7-11(18(22)23)2-3-12(13)17-14(19)8-4-9(15(20)21)6-10(16)5-8/h2-7,20-21H,1H3,(H,17,19). The van der Waals surface area contributed by atoms with Gasteiger partial charge in [-0.1, -0.05) is 0 Å². The molecule has 0 fully saturated rings. The van der Waals surface area contributed by atoms with Gasteiger partial charge < -0.3 is 20.1 Å². The highest BCUT2D eigenvalue weighted by Crippen LogP contribution is 2.29. The first-order valence-corrected chi connectivity index (χ1v) is 6.62. The molecule has 3 N–H and O–H groups in total. The minimum atomic E-state index is -1.93. The van der Waals surface area contributed by atoms with Crippen LogP contribution in [0.3, 0.4) is 0 Å². The van der Waals surface area contributed by atoms with E-state index >= 15 is 0 Å². The molecule has 0 spiro atoms. The van der Waals surface area contributed by atoms with Crippen LogP contribution in [-0.2, 0) is 0 Å². The summed E-state index contributed by atoms with van der Waals surface area (Å²) in [6.45, 7) is 0. The fourth-order valence-corrected chi connectivity index (χ4v) is 1.98. The summed E-state index contributed by atoms with van der Waals surface area (Å²) in [5, 5.41) is 31.3. The average molecular weight is 334 g/mol. The lowest BCUT2D eigenvalue weighted by molar-refractivity contribution is -0.384. The number of nitro benzene ring substituents is 1. The van der Waals surface area contributed by atoms with E-state index in [9.17, 15) is 19.3 Å². The van der Waals surface area contributed by atoms with Gasteiger partial charge in [0.25, 0.3) is 11.6 Å². The third-order valence-electron chi connectivity index (χ3n) is 3.12. The Labute approximate surface area is 135 Å². The summed E-state index contributed by atoms with van der Waals surface area (Å²) in [6.07, 6.45) is 0. The smallest absolute Gasteiger partial charge is 0.488 e. The Morgan fingerprint density at radius 1 is 1.29 bits per heavy atom. The number of carbonyl (C=O) groups is 1. The van der Waals surface area contributed by atoms with E-state index in [2.05, 4.69) is 5.32 Å². The molecule has 0 aromatic heterocycles. The number of non-ortho nitro benzene ring substituents is 1. The number of benzene rings is 2. The Kier molecular flexibility index (Phi) is 5.12. The highest BCUT2D eigenvalue weighted by Gasteiger charge is 2.18. The number of nitrogens with one attached hydrogen (secondary N) is 1. The molecule has 0 radical (unpaired) electrons. The Morgan fingerprint density at radius 3 is 2.58 bits per heavy atom. The van der Waals surface area contributed by atoms with Gasteiger partial charge in [0.05, 0.1) is 23.8 Å². The Hall–Kier alpha value is -2.98. The Bertz CT molecular complexity index is 799. The van der Waals surface area contributed by atoms with Gasteiger partial charge in [-0.05, 0) is 29.7 Å². The molecule has 0 aliphatic heterocycles. The van der Waals surface area contributed by atoms with Gasteiger partial charge in [-0.2, -0.15) is 0 Å². The number of halogens is 1. The monoisotopic (exact) mass is 334 g/mol. The van der Waals surface area contributed by atoms with Gasteiger partial charge in [0.15, 0.2) is 0 Å².